The number of allylic oxidation sites excluding steroid dienone is 1. The van der Waals surface area contributed by atoms with Crippen LogP contribution in [0.4, 0.5) is 4.39 Å². The van der Waals surface area contributed by atoms with Crippen molar-refractivity contribution in [1.29, 1.82) is 0 Å². The van der Waals surface area contributed by atoms with Crippen LogP contribution in [-0.2, 0) is 17.8 Å². The number of benzene rings is 1. The molecule has 1 aromatic carbocycles. The lowest BCUT2D eigenvalue weighted by Gasteiger charge is -2.15. The van der Waals surface area contributed by atoms with Gasteiger partial charge in [0.15, 0.2) is 0 Å². The molecule has 7 heteroatoms. The van der Waals surface area contributed by atoms with E-state index in [9.17, 15) is 14.3 Å². The summed E-state index contributed by atoms with van der Waals surface area (Å²) in [6.45, 7) is 4.05. The monoisotopic (exact) mass is 432 g/mol. The molecule has 2 heterocycles. The van der Waals surface area contributed by atoms with Gasteiger partial charge < -0.3 is 9.67 Å². The van der Waals surface area contributed by atoms with Gasteiger partial charge in [-0.05, 0) is 42.5 Å². The molecule has 29 heavy (non-hydrogen) atoms. The minimum absolute atomic E-state index is 0.189. The molecule has 0 aliphatic heterocycles. The summed E-state index contributed by atoms with van der Waals surface area (Å²) in [6, 6.07) is 8.20. The summed E-state index contributed by atoms with van der Waals surface area (Å²) >= 11 is 7.62. The van der Waals surface area contributed by atoms with Crippen LogP contribution in [0.2, 0.25) is 5.02 Å². The fraction of sp³-hybridized carbons (Fsp3) is 0.273. The van der Waals surface area contributed by atoms with E-state index >= 15 is 0 Å². The number of halogens is 2. The van der Waals surface area contributed by atoms with Crippen molar-refractivity contribution in [2.45, 2.75) is 39.7 Å². The van der Waals surface area contributed by atoms with Crippen molar-refractivity contribution in [2.75, 3.05) is 0 Å². The number of carboxylic acids is 1. The highest BCUT2D eigenvalue weighted by molar-refractivity contribution is 7.11. The Balaban J connectivity index is 2.15. The number of thiophene rings is 1. The van der Waals surface area contributed by atoms with Gasteiger partial charge in [-0.3, -0.25) is 0 Å². The normalized spacial score (nSPS) is 12.1. The second kappa shape index (κ2) is 9.37. The van der Waals surface area contributed by atoms with Gasteiger partial charge in [-0.2, -0.15) is 0 Å². The summed E-state index contributed by atoms with van der Waals surface area (Å²) in [5, 5.41) is 12.0. The quantitative estimate of drug-likeness (QED) is 0.435. The number of aryl methyl sites for hydroxylation is 1. The van der Waals surface area contributed by atoms with E-state index in [1.54, 1.807) is 31.3 Å². The molecule has 2 aromatic heterocycles. The van der Waals surface area contributed by atoms with E-state index < -0.39 is 11.8 Å². The Bertz CT molecular complexity index is 1020. The van der Waals surface area contributed by atoms with Crippen LogP contribution in [0.5, 0.6) is 0 Å². The van der Waals surface area contributed by atoms with Crippen LogP contribution < -0.4 is 0 Å². The van der Waals surface area contributed by atoms with E-state index in [-0.39, 0.29) is 12.1 Å². The molecule has 1 N–H and O–H groups in total. The van der Waals surface area contributed by atoms with Gasteiger partial charge >= 0.3 is 5.97 Å². The van der Waals surface area contributed by atoms with Gasteiger partial charge in [0.25, 0.3) is 0 Å². The van der Waals surface area contributed by atoms with Gasteiger partial charge in [0.1, 0.15) is 11.6 Å². The average Bonchev–Trinajstić information content (AvgIpc) is 3.33. The summed E-state index contributed by atoms with van der Waals surface area (Å²) in [7, 11) is 0. The molecular formula is C22H22ClFN2O2S. The molecule has 4 nitrogen and oxygen atoms in total. The van der Waals surface area contributed by atoms with Crippen LogP contribution in [0.1, 0.15) is 48.6 Å². The predicted octanol–water partition coefficient (Wildman–Crippen LogP) is 6.14. The van der Waals surface area contributed by atoms with E-state index in [2.05, 4.69) is 11.9 Å². The molecule has 0 saturated heterocycles. The Hall–Kier alpha value is -2.44. The maximum Gasteiger partial charge on any atom is 0.337 e. The third kappa shape index (κ3) is 4.60. The highest BCUT2D eigenvalue weighted by Crippen LogP contribution is 2.31. The van der Waals surface area contributed by atoms with E-state index in [1.165, 1.54) is 17.4 Å². The van der Waals surface area contributed by atoms with E-state index in [0.717, 1.165) is 25.1 Å². The second-order valence-corrected chi connectivity index (χ2v) is 8.09. The molecule has 0 bridgehead atoms. The lowest BCUT2D eigenvalue weighted by molar-refractivity contribution is -0.130. The first-order valence-electron chi connectivity index (χ1n) is 9.39. The SMILES string of the molecule is CCCCc1ncc(/C(C)=C(\C(=O)O)c2cccs2)n1Cc1c(F)cccc1Cl. The molecule has 0 atom stereocenters. The van der Waals surface area contributed by atoms with E-state index in [1.807, 2.05) is 16.0 Å². The molecular weight excluding hydrogens is 411 g/mol. The lowest BCUT2D eigenvalue weighted by Crippen LogP contribution is -2.11. The fourth-order valence-electron chi connectivity index (χ4n) is 3.27. The van der Waals surface area contributed by atoms with Crippen LogP contribution in [0.3, 0.4) is 0 Å². The Morgan fingerprint density at radius 3 is 2.72 bits per heavy atom. The van der Waals surface area contributed by atoms with Gasteiger partial charge in [-0.15, -0.1) is 11.3 Å². The van der Waals surface area contributed by atoms with Crippen molar-refractivity contribution in [3.63, 3.8) is 0 Å². The Labute approximate surface area is 178 Å². The Morgan fingerprint density at radius 2 is 2.10 bits per heavy atom. The van der Waals surface area contributed by atoms with Crippen LogP contribution in [0.25, 0.3) is 11.1 Å². The largest absolute Gasteiger partial charge is 0.478 e. The van der Waals surface area contributed by atoms with E-state index in [4.69, 9.17) is 11.6 Å². The zero-order valence-electron chi connectivity index (χ0n) is 16.3. The van der Waals surface area contributed by atoms with Gasteiger partial charge in [0.2, 0.25) is 0 Å². The molecule has 0 aliphatic rings. The number of unbranched alkanes of at least 4 members (excludes halogenated alkanes) is 1. The number of hydrogen-bond donors (Lipinski definition) is 1. The first kappa shape index (κ1) is 21.3. The number of aromatic nitrogens is 2. The topological polar surface area (TPSA) is 55.1 Å². The molecule has 0 fully saturated rings. The third-order valence-corrected chi connectivity index (χ3v) is 6.05. The summed E-state index contributed by atoms with van der Waals surface area (Å²) in [5.74, 6) is -0.606. The molecule has 0 amide bonds. The fourth-order valence-corrected chi connectivity index (χ4v) is 4.31. The van der Waals surface area contributed by atoms with Crippen LogP contribution in [0, 0.1) is 5.82 Å². The Morgan fingerprint density at radius 1 is 1.31 bits per heavy atom. The molecule has 0 unspecified atom stereocenters. The molecule has 152 valence electrons. The predicted molar refractivity (Wildman–Crippen MR) is 116 cm³/mol. The van der Waals surface area contributed by atoms with Crippen LogP contribution in [-0.4, -0.2) is 20.6 Å². The third-order valence-electron chi connectivity index (χ3n) is 4.81. The van der Waals surface area contributed by atoms with Crippen molar-refractivity contribution in [2.24, 2.45) is 0 Å². The molecule has 0 aliphatic carbocycles. The molecule has 3 rings (SSSR count). The minimum Gasteiger partial charge on any atom is -0.478 e. The van der Waals surface area contributed by atoms with Gasteiger partial charge in [0.05, 0.1) is 24.0 Å². The standard InChI is InChI=1S/C22H22ClFN2O2S/c1-3-4-10-20-25-12-18(14(2)21(22(27)28)19-9-6-11-29-19)26(20)13-15-16(23)7-5-8-17(15)24/h5-9,11-12H,3-4,10,13H2,1-2H3,(H,27,28)/b21-14-. The van der Waals surface area contributed by atoms with Crippen molar-refractivity contribution in [1.82, 2.24) is 9.55 Å². The zero-order valence-corrected chi connectivity index (χ0v) is 17.9. The van der Waals surface area contributed by atoms with Crippen molar-refractivity contribution in [3.05, 3.63) is 74.7 Å². The number of hydrogen-bond acceptors (Lipinski definition) is 3. The molecule has 3 aromatic rings. The van der Waals surface area contributed by atoms with E-state index in [0.29, 0.717) is 26.7 Å². The molecule has 0 saturated carbocycles. The Kier molecular flexibility index (Phi) is 6.87. The highest BCUT2D eigenvalue weighted by atomic mass is 35.5. The van der Waals surface area contributed by atoms with Gasteiger partial charge in [-0.25, -0.2) is 14.2 Å². The maximum absolute atomic E-state index is 14.4. The zero-order chi connectivity index (χ0) is 21.0. The first-order valence-corrected chi connectivity index (χ1v) is 10.7. The maximum atomic E-state index is 14.4. The van der Waals surface area contributed by atoms with Crippen LogP contribution in [0.15, 0.2) is 41.9 Å². The highest BCUT2D eigenvalue weighted by Gasteiger charge is 2.21. The lowest BCUT2D eigenvalue weighted by atomic mass is 10.0. The number of rotatable bonds is 8. The number of imidazole rings is 1. The molecule has 0 radical (unpaired) electrons. The minimum atomic E-state index is -1.00. The summed E-state index contributed by atoms with van der Waals surface area (Å²) in [6.07, 6.45) is 4.32. The van der Waals surface area contributed by atoms with Gasteiger partial charge in [-0.1, -0.05) is 37.1 Å². The number of nitrogens with zero attached hydrogens (tertiary/aromatic N) is 2. The number of carboxylic acid groups (broad SMARTS) is 1. The summed E-state index contributed by atoms with van der Waals surface area (Å²) < 4.78 is 16.3. The average molecular weight is 433 g/mol. The second-order valence-electron chi connectivity index (χ2n) is 6.73. The van der Waals surface area contributed by atoms with Crippen LogP contribution >= 0.6 is 22.9 Å². The summed E-state index contributed by atoms with van der Waals surface area (Å²) in [4.78, 5) is 17.2. The number of aliphatic carboxylic acids is 1. The van der Waals surface area contributed by atoms with Crippen molar-refractivity contribution < 1.29 is 14.3 Å². The summed E-state index contributed by atoms with van der Waals surface area (Å²) in [5.41, 5.74) is 1.83. The smallest absolute Gasteiger partial charge is 0.337 e. The number of carbonyl (C=O) groups is 1. The molecule has 0 spiro atoms. The van der Waals surface area contributed by atoms with Crippen molar-refractivity contribution >= 4 is 40.1 Å². The van der Waals surface area contributed by atoms with Gasteiger partial charge in [0, 0.05) is 21.9 Å². The first-order chi connectivity index (χ1) is 13.9. The van der Waals surface area contributed by atoms with Crippen molar-refractivity contribution in [3.8, 4) is 0 Å².